The molecule has 0 aromatic heterocycles. The van der Waals surface area contributed by atoms with Crippen LogP contribution in [-0.4, -0.2) is 38.3 Å². The molecule has 1 amide bonds. The lowest BCUT2D eigenvalue weighted by Gasteiger charge is -2.20. The third-order valence-electron chi connectivity index (χ3n) is 3.41. The van der Waals surface area contributed by atoms with Gasteiger partial charge in [-0.15, -0.1) is 0 Å². The van der Waals surface area contributed by atoms with Crippen LogP contribution in [0.5, 0.6) is 0 Å². The largest absolute Gasteiger partial charge is 0.416 e. The van der Waals surface area contributed by atoms with Crippen LogP contribution in [0.15, 0.2) is 23.1 Å². The Kier molecular flexibility index (Phi) is 4.48. The van der Waals surface area contributed by atoms with Gasteiger partial charge in [-0.2, -0.15) is 17.5 Å². The SMILES string of the molecule is Cc1cc(S(=O)(=O)N2CCNC(=O)CC2)ccc1C(F)(F)F. The monoisotopic (exact) mass is 336 g/mol. The lowest BCUT2D eigenvalue weighted by Crippen LogP contribution is -2.34. The van der Waals surface area contributed by atoms with Gasteiger partial charge in [-0.05, 0) is 30.7 Å². The van der Waals surface area contributed by atoms with Crippen molar-refractivity contribution >= 4 is 15.9 Å². The summed E-state index contributed by atoms with van der Waals surface area (Å²) in [5.41, 5.74) is -1.02. The number of sulfonamides is 1. The number of aryl methyl sites for hydroxylation is 1. The van der Waals surface area contributed by atoms with Gasteiger partial charge in [0.2, 0.25) is 15.9 Å². The molecule has 1 N–H and O–H groups in total. The van der Waals surface area contributed by atoms with Gasteiger partial charge in [-0.1, -0.05) is 0 Å². The molecule has 0 aliphatic carbocycles. The average molecular weight is 336 g/mol. The van der Waals surface area contributed by atoms with E-state index >= 15 is 0 Å². The summed E-state index contributed by atoms with van der Waals surface area (Å²) in [5.74, 6) is -0.249. The van der Waals surface area contributed by atoms with Gasteiger partial charge in [0.25, 0.3) is 0 Å². The number of rotatable bonds is 2. The van der Waals surface area contributed by atoms with Crippen LogP contribution in [0.4, 0.5) is 13.2 Å². The molecular formula is C13H15F3N2O3S. The molecule has 0 bridgehead atoms. The van der Waals surface area contributed by atoms with Crippen LogP contribution in [0, 0.1) is 6.92 Å². The highest BCUT2D eigenvalue weighted by atomic mass is 32.2. The number of nitrogens with one attached hydrogen (secondary N) is 1. The van der Waals surface area contributed by atoms with Gasteiger partial charge in [0.15, 0.2) is 0 Å². The first kappa shape index (κ1) is 16.8. The second kappa shape index (κ2) is 5.88. The predicted octanol–water partition coefficient (Wildman–Crippen LogP) is 1.52. The van der Waals surface area contributed by atoms with E-state index < -0.39 is 21.8 Å². The fourth-order valence-electron chi connectivity index (χ4n) is 2.25. The Morgan fingerprint density at radius 3 is 2.50 bits per heavy atom. The van der Waals surface area contributed by atoms with Gasteiger partial charge in [0, 0.05) is 26.1 Å². The fourth-order valence-corrected chi connectivity index (χ4v) is 3.78. The molecule has 1 saturated heterocycles. The van der Waals surface area contributed by atoms with Crippen molar-refractivity contribution in [3.63, 3.8) is 0 Å². The Labute approximate surface area is 126 Å². The quantitative estimate of drug-likeness (QED) is 0.891. The molecule has 2 rings (SSSR count). The number of hydrogen-bond donors (Lipinski definition) is 1. The Morgan fingerprint density at radius 1 is 1.23 bits per heavy atom. The number of alkyl halides is 3. The van der Waals surface area contributed by atoms with Crippen LogP contribution in [0.25, 0.3) is 0 Å². The van der Waals surface area contributed by atoms with Gasteiger partial charge in [-0.3, -0.25) is 4.79 Å². The van der Waals surface area contributed by atoms with Crippen LogP contribution >= 0.6 is 0 Å². The smallest absolute Gasteiger partial charge is 0.355 e. The standard InChI is InChI=1S/C13H15F3N2O3S/c1-9-8-10(2-3-11(9)13(14,15)16)22(20,21)18-6-4-12(19)17-5-7-18/h2-3,8H,4-7H2,1H3,(H,17,19). The van der Waals surface area contributed by atoms with Crippen molar-refractivity contribution in [1.29, 1.82) is 0 Å². The number of carbonyl (C=O) groups is 1. The summed E-state index contributed by atoms with van der Waals surface area (Å²) in [6.07, 6.45) is -4.50. The van der Waals surface area contributed by atoms with E-state index in [1.165, 1.54) is 6.92 Å². The molecule has 22 heavy (non-hydrogen) atoms. The molecule has 9 heteroatoms. The number of halogens is 3. The van der Waals surface area contributed by atoms with Crippen LogP contribution in [0.3, 0.4) is 0 Å². The topological polar surface area (TPSA) is 66.5 Å². The van der Waals surface area contributed by atoms with Crippen molar-refractivity contribution in [2.75, 3.05) is 19.6 Å². The summed E-state index contributed by atoms with van der Waals surface area (Å²) in [5, 5.41) is 2.54. The molecule has 1 heterocycles. The number of amides is 1. The second-order valence-corrected chi connectivity index (χ2v) is 6.92. The molecule has 122 valence electrons. The van der Waals surface area contributed by atoms with Crippen LogP contribution in [0.1, 0.15) is 17.5 Å². The molecule has 1 aromatic rings. The summed E-state index contributed by atoms with van der Waals surface area (Å²) in [6.45, 7) is 1.50. The highest BCUT2D eigenvalue weighted by molar-refractivity contribution is 7.89. The fraction of sp³-hybridized carbons (Fsp3) is 0.462. The molecule has 0 radical (unpaired) electrons. The zero-order valence-electron chi connectivity index (χ0n) is 11.8. The molecular weight excluding hydrogens is 321 g/mol. The van der Waals surface area contributed by atoms with E-state index in [4.69, 9.17) is 0 Å². The minimum atomic E-state index is -4.52. The summed E-state index contributed by atoms with van der Waals surface area (Å²) >= 11 is 0. The zero-order chi connectivity index (χ0) is 16.5. The van der Waals surface area contributed by atoms with Gasteiger partial charge < -0.3 is 5.32 Å². The maximum Gasteiger partial charge on any atom is 0.416 e. The Bertz CT molecular complexity index is 686. The highest BCUT2D eigenvalue weighted by Crippen LogP contribution is 2.33. The van der Waals surface area contributed by atoms with Crippen molar-refractivity contribution in [2.24, 2.45) is 0 Å². The van der Waals surface area contributed by atoms with Crippen LogP contribution in [0.2, 0.25) is 0 Å². The van der Waals surface area contributed by atoms with Crippen molar-refractivity contribution < 1.29 is 26.4 Å². The highest BCUT2D eigenvalue weighted by Gasteiger charge is 2.34. The van der Waals surface area contributed by atoms with Crippen molar-refractivity contribution in [2.45, 2.75) is 24.4 Å². The van der Waals surface area contributed by atoms with E-state index in [-0.39, 0.29) is 42.4 Å². The average Bonchev–Trinajstić information content (AvgIpc) is 2.62. The van der Waals surface area contributed by atoms with Gasteiger partial charge in [-0.25, -0.2) is 8.42 Å². The maximum atomic E-state index is 12.7. The first-order valence-electron chi connectivity index (χ1n) is 6.57. The Balaban J connectivity index is 2.34. The Hall–Kier alpha value is -1.61. The van der Waals surface area contributed by atoms with Crippen molar-refractivity contribution in [3.05, 3.63) is 29.3 Å². The zero-order valence-corrected chi connectivity index (χ0v) is 12.6. The number of carbonyl (C=O) groups excluding carboxylic acids is 1. The van der Waals surface area contributed by atoms with E-state index in [0.717, 1.165) is 22.5 Å². The molecule has 0 unspecified atom stereocenters. The minimum Gasteiger partial charge on any atom is -0.355 e. The molecule has 0 spiro atoms. The Morgan fingerprint density at radius 2 is 1.91 bits per heavy atom. The molecule has 0 atom stereocenters. The number of benzene rings is 1. The van der Waals surface area contributed by atoms with Crippen LogP contribution in [-0.2, 0) is 21.0 Å². The molecule has 1 fully saturated rings. The number of hydrogen-bond acceptors (Lipinski definition) is 3. The predicted molar refractivity (Wildman–Crippen MR) is 72.6 cm³/mol. The molecule has 1 aromatic carbocycles. The third kappa shape index (κ3) is 3.41. The van der Waals surface area contributed by atoms with Crippen molar-refractivity contribution in [1.82, 2.24) is 9.62 Å². The van der Waals surface area contributed by atoms with E-state index in [1.807, 2.05) is 0 Å². The van der Waals surface area contributed by atoms with E-state index in [0.29, 0.717) is 0 Å². The van der Waals surface area contributed by atoms with E-state index in [1.54, 1.807) is 0 Å². The minimum absolute atomic E-state index is 0.00817. The molecule has 0 saturated carbocycles. The number of nitrogens with zero attached hydrogens (tertiary/aromatic N) is 1. The van der Waals surface area contributed by atoms with Gasteiger partial charge >= 0.3 is 6.18 Å². The maximum absolute atomic E-state index is 12.7. The first-order chi connectivity index (χ1) is 10.1. The lowest BCUT2D eigenvalue weighted by atomic mass is 10.1. The molecule has 1 aliphatic rings. The third-order valence-corrected chi connectivity index (χ3v) is 5.31. The van der Waals surface area contributed by atoms with Crippen LogP contribution < -0.4 is 5.32 Å². The second-order valence-electron chi connectivity index (χ2n) is 4.98. The van der Waals surface area contributed by atoms with Crippen molar-refractivity contribution in [3.8, 4) is 0 Å². The summed E-state index contributed by atoms with van der Waals surface area (Å²) < 4.78 is 64.2. The van der Waals surface area contributed by atoms with E-state index in [2.05, 4.69) is 5.32 Å². The normalized spacial score (nSPS) is 17.9. The molecule has 1 aliphatic heterocycles. The summed E-state index contributed by atoms with van der Waals surface area (Å²) in [4.78, 5) is 11.0. The van der Waals surface area contributed by atoms with Gasteiger partial charge in [0.05, 0.1) is 10.5 Å². The first-order valence-corrected chi connectivity index (χ1v) is 8.01. The summed E-state index contributed by atoms with van der Waals surface area (Å²) in [7, 11) is -3.92. The molecule has 5 nitrogen and oxygen atoms in total. The lowest BCUT2D eigenvalue weighted by molar-refractivity contribution is -0.138. The van der Waals surface area contributed by atoms with Gasteiger partial charge in [0.1, 0.15) is 0 Å². The summed E-state index contributed by atoms with van der Waals surface area (Å²) in [6, 6.07) is 2.73. The van der Waals surface area contributed by atoms with E-state index in [9.17, 15) is 26.4 Å².